The summed E-state index contributed by atoms with van der Waals surface area (Å²) in [6.45, 7) is 3.87. The lowest BCUT2D eigenvalue weighted by atomic mass is 9.84. The second kappa shape index (κ2) is 6.47. The first-order valence-corrected chi connectivity index (χ1v) is 7.58. The van der Waals surface area contributed by atoms with Gasteiger partial charge in [-0.15, -0.1) is 11.3 Å². The molecule has 1 saturated carbocycles. The van der Waals surface area contributed by atoms with Crippen LogP contribution in [0, 0.1) is 5.92 Å². The van der Waals surface area contributed by atoms with Gasteiger partial charge in [-0.1, -0.05) is 19.8 Å². The van der Waals surface area contributed by atoms with E-state index in [1.54, 1.807) is 11.3 Å². The predicted octanol–water partition coefficient (Wildman–Crippen LogP) is 2.31. The van der Waals surface area contributed by atoms with Gasteiger partial charge in [0.25, 0.3) is 0 Å². The Hall–Kier alpha value is -0.450. The molecule has 1 aliphatic carbocycles. The topological polar surface area (TPSA) is 50.9 Å². The number of hydrogen-bond acceptors (Lipinski definition) is 4. The van der Waals surface area contributed by atoms with Crippen LogP contribution in [0.2, 0.25) is 0 Å². The van der Waals surface area contributed by atoms with Crippen LogP contribution in [0.25, 0.3) is 0 Å². The summed E-state index contributed by atoms with van der Waals surface area (Å²) in [5.74, 6) is 0.660. The molecule has 17 heavy (non-hydrogen) atoms. The molecular formula is C13H23N3S. The van der Waals surface area contributed by atoms with Crippen molar-refractivity contribution < 1.29 is 0 Å². The highest BCUT2D eigenvalue weighted by Gasteiger charge is 2.23. The Kier molecular flexibility index (Phi) is 4.95. The van der Waals surface area contributed by atoms with Gasteiger partial charge in [-0.3, -0.25) is 0 Å². The van der Waals surface area contributed by atoms with E-state index in [1.807, 2.05) is 0 Å². The van der Waals surface area contributed by atoms with Crippen LogP contribution in [-0.2, 0) is 13.0 Å². The first kappa shape index (κ1) is 13.0. The van der Waals surface area contributed by atoms with Crippen LogP contribution >= 0.6 is 11.3 Å². The molecule has 0 bridgehead atoms. The maximum absolute atomic E-state index is 5.83. The Morgan fingerprint density at radius 2 is 2.29 bits per heavy atom. The van der Waals surface area contributed by atoms with Crippen molar-refractivity contribution in [2.45, 2.75) is 51.6 Å². The van der Waals surface area contributed by atoms with E-state index in [1.165, 1.54) is 36.4 Å². The highest BCUT2D eigenvalue weighted by Crippen LogP contribution is 2.23. The minimum absolute atomic E-state index is 0.598. The van der Waals surface area contributed by atoms with Crippen LogP contribution in [0.15, 0.2) is 5.38 Å². The molecule has 2 atom stereocenters. The number of nitrogens with zero attached hydrogens (tertiary/aromatic N) is 1. The monoisotopic (exact) mass is 253 g/mol. The van der Waals surface area contributed by atoms with Crippen molar-refractivity contribution in [3.8, 4) is 0 Å². The Morgan fingerprint density at radius 3 is 3.00 bits per heavy atom. The van der Waals surface area contributed by atoms with Crippen molar-refractivity contribution in [3.63, 3.8) is 0 Å². The van der Waals surface area contributed by atoms with Crippen LogP contribution < -0.4 is 11.1 Å². The van der Waals surface area contributed by atoms with Crippen LogP contribution in [0.4, 0.5) is 0 Å². The first-order valence-electron chi connectivity index (χ1n) is 6.70. The van der Waals surface area contributed by atoms with E-state index in [0.717, 1.165) is 19.5 Å². The normalized spacial score (nSPS) is 25.1. The van der Waals surface area contributed by atoms with Gasteiger partial charge in [0.05, 0.1) is 10.7 Å². The quantitative estimate of drug-likeness (QED) is 0.846. The largest absolute Gasteiger partial charge is 0.330 e. The number of hydrogen-bond donors (Lipinski definition) is 2. The van der Waals surface area contributed by atoms with E-state index in [-0.39, 0.29) is 0 Å². The number of rotatable bonds is 5. The summed E-state index contributed by atoms with van der Waals surface area (Å²) in [5, 5.41) is 7.05. The summed E-state index contributed by atoms with van der Waals surface area (Å²) < 4.78 is 0. The van der Waals surface area contributed by atoms with E-state index in [2.05, 4.69) is 22.6 Å². The second-order valence-electron chi connectivity index (χ2n) is 4.85. The van der Waals surface area contributed by atoms with Crippen molar-refractivity contribution in [3.05, 3.63) is 16.1 Å². The molecule has 96 valence electrons. The smallest absolute Gasteiger partial charge is 0.0926 e. The van der Waals surface area contributed by atoms with Crippen molar-refractivity contribution in [2.24, 2.45) is 11.7 Å². The van der Waals surface area contributed by atoms with Gasteiger partial charge in [-0.25, -0.2) is 4.98 Å². The van der Waals surface area contributed by atoms with Gasteiger partial charge < -0.3 is 11.1 Å². The maximum Gasteiger partial charge on any atom is 0.0926 e. The minimum Gasteiger partial charge on any atom is -0.330 e. The summed E-state index contributed by atoms with van der Waals surface area (Å²) in [5.41, 5.74) is 7.02. The number of thiazole rings is 1. The zero-order valence-electron chi connectivity index (χ0n) is 10.6. The molecule has 0 aromatic carbocycles. The van der Waals surface area contributed by atoms with Gasteiger partial charge >= 0.3 is 0 Å². The molecule has 1 aromatic rings. The Bertz CT molecular complexity index is 337. The molecule has 3 nitrogen and oxygen atoms in total. The molecule has 2 unspecified atom stereocenters. The van der Waals surface area contributed by atoms with Crippen molar-refractivity contribution in [1.29, 1.82) is 0 Å². The lowest BCUT2D eigenvalue weighted by Gasteiger charge is -2.31. The third-order valence-corrected chi connectivity index (χ3v) is 4.70. The second-order valence-corrected chi connectivity index (χ2v) is 5.80. The Balaban J connectivity index is 1.83. The van der Waals surface area contributed by atoms with Crippen LogP contribution in [-0.4, -0.2) is 17.6 Å². The van der Waals surface area contributed by atoms with Crippen molar-refractivity contribution >= 4 is 11.3 Å². The summed E-state index contributed by atoms with van der Waals surface area (Å²) >= 11 is 1.77. The van der Waals surface area contributed by atoms with E-state index in [9.17, 15) is 0 Å². The fourth-order valence-corrected chi connectivity index (χ4v) is 3.33. The average Bonchev–Trinajstić information content (AvgIpc) is 2.84. The standard InChI is InChI=1S/C13H23N3S/c1-2-13-16-11(9-17-13)8-15-12-6-4-3-5-10(12)7-14/h9-10,12,15H,2-8,14H2,1H3. The molecule has 1 aromatic heterocycles. The molecule has 2 rings (SSSR count). The van der Waals surface area contributed by atoms with Gasteiger partial charge in [0.1, 0.15) is 0 Å². The first-order chi connectivity index (χ1) is 8.33. The fraction of sp³-hybridized carbons (Fsp3) is 0.769. The predicted molar refractivity (Wildman–Crippen MR) is 73.1 cm³/mol. The Morgan fingerprint density at radius 1 is 1.47 bits per heavy atom. The van der Waals surface area contributed by atoms with E-state index in [0.29, 0.717) is 12.0 Å². The molecular weight excluding hydrogens is 230 g/mol. The van der Waals surface area contributed by atoms with Crippen LogP contribution in [0.1, 0.15) is 43.3 Å². The van der Waals surface area contributed by atoms with E-state index >= 15 is 0 Å². The zero-order chi connectivity index (χ0) is 12.1. The van der Waals surface area contributed by atoms with Gasteiger partial charge in [0.2, 0.25) is 0 Å². The molecule has 0 amide bonds. The molecule has 1 aliphatic rings. The van der Waals surface area contributed by atoms with Gasteiger partial charge in [0, 0.05) is 18.0 Å². The number of nitrogens with one attached hydrogen (secondary N) is 1. The summed E-state index contributed by atoms with van der Waals surface area (Å²) in [6, 6.07) is 0.598. The summed E-state index contributed by atoms with van der Waals surface area (Å²) in [6.07, 6.45) is 6.28. The van der Waals surface area contributed by atoms with Crippen molar-refractivity contribution in [1.82, 2.24) is 10.3 Å². The van der Waals surface area contributed by atoms with Crippen LogP contribution in [0.3, 0.4) is 0 Å². The lowest BCUT2D eigenvalue weighted by molar-refractivity contribution is 0.266. The summed E-state index contributed by atoms with van der Waals surface area (Å²) in [4.78, 5) is 4.59. The number of nitrogens with two attached hydrogens (primary N) is 1. The molecule has 0 saturated heterocycles. The molecule has 3 N–H and O–H groups in total. The number of aryl methyl sites for hydroxylation is 1. The maximum atomic E-state index is 5.83. The van der Waals surface area contributed by atoms with E-state index in [4.69, 9.17) is 5.73 Å². The minimum atomic E-state index is 0.598. The SMILES string of the molecule is CCc1nc(CNC2CCCCC2CN)cs1. The molecule has 0 aliphatic heterocycles. The number of aromatic nitrogens is 1. The summed E-state index contributed by atoms with van der Waals surface area (Å²) in [7, 11) is 0. The molecule has 4 heteroatoms. The third kappa shape index (κ3) is 3.50. The zero-order valence-corrected chi connectivity index (χ0v) is 11.4. The highest BCUT2D eigenvalue weighted by molar-refractivity contribution is 7.09. The van der Waals surface area contributed by atoms with Crippen molar-refractivity contribution in [2.75, 3.05) is 6.54 Å². The third-order valence-electron chi connectivity index (χ3n) is 3.66. The Labute approximate surface area is 108 Å². The lowest BCUT2D eigenvalue weighted by Crippen LogP contribution is -2.41. The average molecular weight is 253 g/mol. The molecule has 1 fully saturated rings. The highest BCUT2D eigenvalue weighted by atomic mass is 32.1. The molecule has 0 radical (unpaired) electrons. The fourth-order valence-electron chi connectivity index (χ4n) is 2.59. The molecule has 1 heterocycles. The van der Waals surface area contributed by atoms with Gasteiger partial charge in [0.15, 0.2) is 0 Å². The van der Waals surface area contributed by atoms with Gasteiger partial charge in [-0.05, 0) is 31.7 Å². The molecule has 0 spiro atoms. The van der Waals surface area contributed by atoms with E-state index < -0.39 is 0 Å². The van der Waals surface area contributed by atoms with Crippen LogP contribution in [0.5, 0.6) is 0 Å². The van der Waals surface area contributed by atoms with Gasteiger partial charge in [-0.2, -0.15) is 0 Å².